The van der Waals surface area contributed by atoms with E-state index in [4.69, 9.17) is 11.6 Å². The van der Waals surface area contributed by atoms with E-state index in [1.807, 2.05) is 6.07 Å². The number of benzene rings is 1. The first-order valence-corrected chi connectivity index (χ1v) is 5.27. The number of hydrogen-bond acceptors (Lipinski definition) is 2. The van der Waals surface area contributed by atoms with E-state index >= 15 is 0 Å². The highest BCUT2D eigenvalue weighted by atomic mass is 35.5. The van der Waals surface area contributed by atoms with Gasteiger partial charge in [-0.3, -0.25) is 5.10 Å². The van der Waals surface area contributed by atoms with Gasteiger partial charge >= 0.3 is 0 Å². The summed E-state index contributed by atoms with van der Waals surface area (Å²) in [4.78, 5) is 0. The molecule has 0 fully saturated rings. The van der Waals surface area contributed by atoms with Crippen LogP contribution < -0.4 is 5.32 Å². The SMILES string of the molecule is Fc1c(Cl)cccc1CNCc1ccn[nH]1. The Balaban J connectivity index is 1.92. The molecule has 2 N–H and O–H groups in total. The van der Waals surface area contributed by atoms with Crippen molar-refractivity contribution >= 4 is 11.6 Å². The number of hydrogen-bond donors (Lipinski definition) is 2. The summed E-state index contributed by atoms with van der Waals surface area (Å²) in [5, 5.41) is 9.89. The summed E-state index contributed by atoms with van der Waals surface area (Å²) >= 11 is 5.67. The number of aromatic amines is 1. The average molecular weight is 240 g/mol. The van der Waals surface area contributed by atoms with Gasteiger partial charge in [-0.25, -0.2) is 4.39 Å². The number of halogens is 2. The van der Waals surface area contributed by atoms with Crippen LogP contribution in [0.25, 0.3) is 0 Å². The van der Waals surface area contributed by atoms with Gasteiger partial charge in [0.2, 0.25) is 0 Å². The van der Waals surface area contributed by atoms with Crippen molar-refractivity contribution in [3.8, 4) is 0 Å². The number of aromatic nitrogens is 2. The molecule has 0 aliphatic heterocycles. The van der Waals surface area contributed by atoms with Crippen LogP contribution in [0, 0.1) is 5.82 Å². The maximum absolute atomic E-state index is 13.5. The molecule has 1 aromatic carbocycles. The normalized spacial score (nSPS) is 10.6. The largest absolute Gasteiger partial charge is 0.307 e. The summed E-state index contributed by atoms with van der Waals surface area (Å²) in [5.41, 5.74) is 1.52. The Hall–Kier alpha value is -1.39. The Kier molecular flexibility index (Phi) is 3.54. The molecule has 0 unspecified atom stereocenters. The smallest absolute Gasteiger partial charge is 0.146 e. The molecule has 84 valence electrons. The Bertz CT molecular complexity index is 456. The summed E-state index contributed by atoms with van der Waals surface area (Å²) in [7, 11) is 0. The minimum Gasteiger partial charge on any atom is -0.307 e. The van der Waals surface area contributed by atoms with E-state index in [1.54, 1.807) is 18.3 Å². The third-order valence-corrected chi connectivity index (χ3v) is 2.51. The molecule has 3 nitrogen and oxygen atoms in total. The number of nitrogens with zero attached hydrogens (tertiary/aromatic N) is 1. The van der Waals surface area contributed by atoms with Crippen molar-refractivity contribution in [2.24, 2.45) is 0 Å². The highest BCUT2D eigenvalue weighted by Crippen LogP contribution is 2.17. The molecule has 0 atom stereocenters. The fourth-order valence-corrected chi connectivity index (χ4v) is 1.59. The molecule has 0 aliphatic rings. The van der Waals surface area contributed by atoms with Crippen LogP contribution in [0.15, 0.2) is 30.5 Å². The van der Waals surface area contributed by atoms with Crippen molar-refractivity contribution in [3.63, 3.8) is 0 Å². The van der Waals surface area contributed by atoms with E-state index in [9.17, 15) is 4.39 Å². The number of nitrogens with one attached hydrogen (secondary N) is 2. The van der Waals surface area contributed by atoms with Crippen LogP contribution in [-0.2, 0) is 13.1 Å². The van der Waals surface area contributed by atoms with Gasteiger partial charge in [0.1, 0.15) is 5.82 Å². The lowest BCUT2D eigenvalue weighted by Gasteiger charge is -2.05. The maximum Gasteiger partial charge on any atom is 0.146 e. The summed E-state index contributed by atoms with van der Waals surface area (Å²) in [6.07, 6.45) is 1.68. The van der Waals surface area contributed by atoms with Crippen molar-refractivity contribution in [2.45, 2.75) is 13.1 Å². The van der Waals surface area contributed by atoms with Gasteiger partial charge in [0.25, 0.3) is 0 Å². The summed E-state index contributed by atoms with van der Waals surface area (Å²) in [6, 6.07) is 6.84. The molecular formula is C11H11ClFN3. The first-order valence-electron chi connectivity index (χ1n) is 4.89. The molecule has 0 spiro atoms. The van der Waals surface area contributed by atoms with E-state index in [-0.39, 0.29) is 10.8 Å². The van der Waals surface area contributed by atoms with Crippen molar-refractivity contribution in [1.29, 1.82) is 0 Å². The van der Waals surface area contributed by atoms with Crippen LogP contribution in [-0.4, -0.2) is 10.2 Å². The van der Waals surface area contributed by atoms with Crippen molar-refractivity contribution in [3.05, 3.63) is 52.6 Å². The molecular weight excluding hydrogens is 229 g/mol. The standard InChI is InChI=1S/C11H11ClFN3/c12-10-3-1-2-8(11(10)13)6-14-7-9-4-5-15-16-9/h1-5,14H,6-7H2,(H,15,16). The van der Waals surface area contributed by atoms with Gasteiger partial charge in [0.05, 0.1) is 5.02 Å². The van der Waals surface area contributed by atoms with Gasteiger partial charge in [-0.15, -0.1) is 0 Å². The van der Waals surface area contributed by atoms with Gasteiger partial charge < -0.3 is 5.32 Å². The number of rotatable bonds is 4. The van der Waals surface area contributed by atoms with Gasteiger partial charge in [-0.2, -0.15) is 5.10 Å². The first-order chi connectivity index (χ1) is 7.77. The second-order valence-corrected chi connectivity index (χ2v) is 3.81. The van der Waals surface area contributed by atoms with Crippen LogP contribution in [0.2, 0.25) is 5.02 Å². The third-order valence-electron chi connectivity index (χ3n) is 2.22. The Morgan fingerprint density at radius 2 is 2.19 bits per heavy atom. The Labute approximate surface area is 97.6 Å². The molecule has 2 rings (SSSR count). The average Bonchev–Trinajstić information content (AvgIpc) is 2.77. The van der Waals surface area contributed by atoms with Crippen molar-refractivity contribution in [1.82, 2.24) is 15.5 Å². The predicted molar refractivity (Wildman–Crippen MR) is 60.5 cm³/mol. The third kappa shape index (κ3) is 2.59. The summed E-state index contributed by atoms with van der Waals surface area (Å²) in [5.74, 6) is -0.360. The van der Waals surface area contributed by atoms with E-state index < -0.39 is 0 Å². The van der Waals surface area contributed by atoms with Gasteiger partial charge in [-0.05, 0) is 12.1 Å². The van der Waals surface area contributed by atoms with Crippen LogP contribution in [0.5, 0.6) is 0 Å². The van der Waals surface area contributed by atoms with Crippen LogP contribution in [0.3, 0.4) is 0 Å². The second-order valence-electron chi connectivity index (χ2n) is 3.40. The van der Waals surface area contributed by atoms with Crippen molar-refractivity contribution in [2.75, 3.05) is 0 Å². The fourth-order valence-electron chi connectivity index (χ4n) is 1.40. The molecule has 1 heterocycles. The van der Waals surface area contributed by atoms with Crippen LogP contribution >= 0.6 is 11.6 Å². The molecule has 0 saturated carbocycles. The predicted octanol–water partition coefficient (Wildman–Crippen LogP) is 2.49. The monoisotopic (exact) mass is 239 g/mol. The lowest BCUT2D eigenvalue weighted by molar-refractivity contribution is 0.586. The first kappa shape index (κ1) is 11.1. The Morgan fingerprint density at radius 1 is 1.31 bits per heavy atom. The molecule has 0 radical (unpaired) electrons. The van der Waals surface area contributed by atoms with E-state index in [0.717, 1.165) is 5.69 Å². The van der Waals surface area contributed by atoms with Crippen molar-refractivity contribution < 1.29 is 4.39 Å². The van der Waals surface area contributed by atoms with E-state index in [0.29, 0.717) is 18.7 Å². The lowest BCUT2D eigenvalue weighted by Crippen LogP contribution is -2.14. The van der Waals surface area contributed by atoms with Gasteiger partial charge in [0, 0.05) is 30.5 Å². The van der Waals surface area contributed by atoms with Crippen LogP contribution in [0.4, 0.5) is 4.39 Å². The molecule has 2 aromatic rings. The summed E-state index contributed by atoms with van der Waals surface area (Å²) in [6.45, 7) is 1.05. The minimum absolute atomic E-state index is 0.154. The molecule has 0 amide bonds. The molecule has 16 heavy (non-hydrogen) atoms. The van der Waals surface area contributed by atoms with Gasteiger partial charge in [0.15, 0.2) is 0 Å². The van der Waals surface area contributed by atoms with E-state index in [2.05, 4.69) is 15.5 Å². The number of H-pyrrole nitrogens is 1. The van der Waals surface area contributed by atoms with E-state index in [1.165, 1.54) is 6.07 Å². The maximum atomic E-state index is 13.5. The highest BCUT2D eigenvalue weighted by Gasteiger charge is 2.05. The quantitative estimate of drug-likeness (QED) is 0.861. The zero-order chi connectivity index (χ0) is 11.4. The second kappa shape index (κ2) is 5.09. The van der Waals surface area contributed by atoms with Crippen LogP contribution in [0.1, 0.15) is 11.3 Å². The fraction of sp³-hybridized carbons (Fsp3) is 0.182. The summed E-state index contributed by atoms with van der Waals surface area (Å²) < 4.78 is 13.5. The van der Waals surface area contributed by atoms with Gasteiger partial charge in [-0.1, -0.05) is 23.7 Å². The zero-order valence-corrected chi connectivity index (χ0v) is 9.26. The molecule has 5 heteroatoms. The zero-order valence-electron chi connectivity index (χ0n) is 8.50. The Morgan fingerprint density at radius 3 is 2.94 bits per heavy atom. The molecule has 0 saturated heterocycles. The molecule has 0 aliphatic carbocycles. The molecule has 0 bridgehead atoms. The highest BCUT2D eigenvalue weighted by molar-refractivity contribution is 6.30. The topological polar surface area (TPSA) is 40.7 Å². The lowest BCUT2D eigenvalue weighted by atomic mass is 10.2. The minimum atomic E-state index is -0.360. The molecule has 1 aromatic heterocycles.